The SMILES string of the molecule is O=C(COc1ccc2c(c1)NC(=O)CC2)NCCN1CC2CC(C1)c1cccc(=O)n1C2. The van der Waals surface area contributed by atoms with Crippen molar-refractivity contribution in [1.29, 1.82) is 0 Å². The second kappa shape index (κ2) is 8.78. The van der Waals surface area contributed by atoms with Crippen LogP contribution in [0.15, 0.2) is 41.2 Å². The first-order valence-corrected chi connectivity index (χ1v) is 11.3. The van der Waals surface area contributed by atoms with Crippen molar-refractivity contribution in [1.82, 2.24) is 14.8 Å². The molecule has 2 N–H and O–H groups in total. The Balaban J connectivity index is 1.08. The highest BCUT2D eigenvalue weighted by Gasteiger charge is 2.34. The van der Waals surface area contributed by atoms with Crippen molar-refractivity contribution in [2.75, 3.05) is 38.1 Å². The fourth-order valence-electron chi connectivity index (χ4n) is 5.17. The molecule has 0 spiro atoms. The van der Waals surface area contributed by atoms with Gasteiger partial charge in [-0.2, -0.15) is 0 Å². The predicted octanol–water partition coefficient (Wildman–Crippen LogP) is 1.35. The molecule has 2 atom stereocenters. The van der Waals surface area contributed by atoms with Crippen molar-refractivity contribution in [3.63, 3.8) is 0 Å². The Bertz CT molecular complexity index is 1100. The van der Waals surface area contributed by atoms with Crippen molar-refractivity contribution < 1.29 is 14.3 Å². The molecule has 3 aliphatic heterocycles. The first-order valence-electron chi connectivity index (χ1n) is 11.3. The zero-order valence-electron chi connectivity index (χ0n) is 18.0. The smallest absolute Gasteiger partial charge is 0.257 e. The maximum absolute atomic E-state index is 12.2. The summed E-state index contributed by atoms with van der Waals surface area (Å²) in [7, 11) is 0. The second-order valence-corrected chi connectivity index (χ2v) is 8.96. The van der Waals surface area contributed by atoms with Crippen LogP contribution >= 0.6 is 0 Å². The van der Waals surface area contributed by atoms with E-state index in [1.165, 1.54) is 0 Å². The normalized spacial score (nSPS) is 21.8. The van der Waals surface area contributed by atoms with Crippen LogP contribution in [0.3, 0.4) is 0 Å². The van der Waals surface area contributed by atoms with Crippen molar-refractivity contribution >= 4 is 17.5 Å². The second-order valence-electron chi connectivity index (χ2n) is 8.96. The van der Waals surface area contributed by atoms with Crippen LogP contribution < -0.4 is 20.9 Å². The molecular weight excluding hydrogens is 408 g/mol. The summed E-state index contributed by atoms with van der Waals surface area (Å²) < 4.78 is 7.55. The summed E-state index contributed by atoms with van der Waals surface area (Å²) in [6, 6.07) is 11.1. The highest BCUT2D eigenvalue weighted by Crippen LogP contribution is 2.34. The highest BCUT2D eigenvalue weighted by molar-refractivity contribution is 5.94. The zero-order valence-corrected chi connectivity index (χ0v) is 18.0. The number of carbonyl (C=O) groups excluding carboxylic acids is 2. The van der Waals surface area contributed by atoms with Crippen LogP contribution in [0.2, 0.25) is 0 Å². The lowest BCUT2D eigenvalue weighted by molar-refractivity contribution is -0.123. The van der Waals surface area contributed by atoms with Crippen LogP contribution in [-0.2, 0) is 22.6 Å². The Kier molecular flexibility index (Phi) is 5.70. The van der Waals surface area contributed by atoms with E-state index >= 15 is 0 Å². The number of nitrogens with zero attached hydrogens (tertiary/aromatic N) is 2. The molecule has 0 aliphatic carbocycles. The minimum Gasteiger partial charge on any atom is -0.484 e. The number of pyridine rings is 1. The summed E-state index contributed by atoms with van der Waals surface area (Å²) in [6.45, 7) is 3.92. The molecule has 1 fully saturated rings. The van der Waals surface area contributed by atoms with Gasteiger partial charge in [-0.1, -0.05) is 12.1 Å². The van der Waals surface area contributed by atoms with Crippen LogP contribution in [-0.4, -0.2) is 54.1 Å². The van der Waals surface area contributed by atoms with Gasteiger partial charge in [0.2, 0.25) is 5.91 Å². The fourth-order valence-corrected chi connectivity index (χ4v) is 5.17. The van der Waals surface area contributed by atoms with Crippen molar-refractivity contribution in [2.24, 2.45) is 5.92 Å². The molecule has 0 saturated carbocycles. The van der Waals surface area contributed by atoms with Gasteiger partial charge in [-0.15, -0.1) is 0 Å². The van der Waals surface area contributed by atoms with Crippen LogP contribution in [0.5, 0.6) is 5.75 Å². The van der Waals surface area contributed by atoms with Gasteiger partial charge in [0, 0.05) is 68.6 Å². The van der Waals surface area contributed by atoms with Crippen LogP contribution in [0.4, 0.5) is 5.69 Å². The monoisotopic (exact) mass is 436 g/mol. The molecule has 1 aromatic heterocycles. The Hall–Kier alpha value is -3.13. The van der Waals surface area contributed by atoms with Gasteiger partial charge in [-0.05, 0) is 36.5 Å². The first kappa shape index (κ1) is 20.8. The highest BCUT2D eigenvalue weighted by atomic mass is 16.5. The molecule has 2 aromatic rings. The van der Waals surface area contributed by atoms with Gasteiger partial charge in [0.15, 0.2) is 6.61 Å². The molecule has 8 heteroatoms. The van der Waals surface area contributed by atoms with E-state index in [2.05, 4.69) is 21.6 Å². The maximum Gasteiger partial charge on any atom is 0.257 e. The number of likely N-dealkylation sites (tertiary alicyclic amines) is 1. The Labute approximate surface area is 186 Å². The number of anilines is 1. The molecule has 1 saturated heterocycles. The van der Waals surface area contributed by atoms with Gasteiger partial charge in [-0.3, -0.25) is 14.4 Å². The first-order chi connectivity index (χ1) is 15.5. The number of fused-ring (bicyclic) bond motifs is 5. The van der Waals surface area contributed by atoms with Crippen LogP contribution in [0, 0.1) is 5.92 Å². The standard InChI is InChI=1S/C24H28N4O4/c29-22-7-5-17-4-6-19(11-20(17)26-22)32-15-23(30)25-8-9-27-12-16-10-18(14-27)21-2-1-3-24(31)28(21)13-16/h1-4,6,11,16,18H,5,7-10,12-15H2,(H,25,30)(H,26,29). The van der Waals surface area contributed by atoms with E-state index < -0.39 is 0 Å². The molecule has 1 aromatic carbocycles. The van der Waals surface area contributed by atoms with Gasteiger partial charge in [-0.25, -0.2) is 0 Å². The number of hydrogen-bond acceptors (Lipinski definition) is 5. The van der Waals surface area contributed by atoms with E-state index in [1.54, 1.807) is 12.1 Å². The summed E-state index contributed by atoms with van der Waals surface area (Å²) >= 11 is 0. The summed E-state index contributed by atoms with van der Waals surface area (Å²) in [6.07, 6.45) is 2.35. The van der Waals surface area contributed by atoms with E-state index in [4.69, 9.17) is 4.74 Å². The zero-order chi connectivity index (χ0) is 22.1. The molecular formula is C24H28N4O4. The lowest BCUT2D eigenvalue weighted by Gasteiger charge is -2.42. The fraction of sp³-hybridized carbons (Fsp3) is 0.458. The molecule has 5 rings (SSSR count). The number of nitrogens with one attached hydrogen (secondary N) is 2. The molecule has 32 heavy (non-hydrogen) atoms. The molecule has 8 nitrogen and oxygen atoms in total. The third kappa shape index (κ3) is 4.41. The van der Waals surface area contributed by atoms with E-state index in [9.17, 15) is 14.4 Å². The Morgan fingerprint density at radius 3 is 2.94 bits per heavy atom. The molecule has 168 valence electrons. The van der Waals surface area contributed by atoms with Gasteiger partial charge < -0.3 is 24.8 Å². The number of hydrogen-bond donors (Lipinski definition) is 2. The van der Waals surface area contributed by atoms with E-state index in [-0.39, 0.29) is 24.0 Å². The number of aryl methyl sites for hydroxylation is 1. The number of rotatable bonds is 6. The number of benzene rings is 1. The van der Waals surface area contributed by atoms with Gasteiger partial charge >= 0.3 is 0 Å². The number of amides is 2. The van der Waals surface area contributed by atoms with Crippen molar-refractivity contribution in [3.05, 3.63) is 58.0 Å². The maximum atomic E-state index is 12.2. The lowest BCUT2D eigenvalue weighted by atomic mass is 9.83. The summed E-state index contributed by atoms with van der Waals surface area (Å²) in [5, 5.41) is 5.77. The lowest BCUT2D eigenvalue weighted by Crippen LogP contribution is -2.49. The predicted molar refractivity (Wildman–Crippen MR) is 120 cm³/mol. The number of ether oxygens (including phenoxy) is 1. The third-order valence-electron chi connectivity index (χ3n) is 6.65. The van der Waals surface area contributed by atoms with Gasteiger partial charge in [0.1, 0.15) is 5.75 Å². The van der Waals surface area contributed by atoms with E-state index in [0.29, 0.717) is 30.6 Å². The minimum absolute atomic E-state index is 0.00444. The van der Waals surface area contributed by atoms with Crippen LogP contribution in [0.1, 0.15) is 30.0 Å². The topological polar surface area (TPSA) is 92.7 Å². The average molecular weight is 437 g/mol. The number of aromatic nitrogens is 1. The molecule has 2 amide bonds. The van der Waals surface area contributed by atoms with Gasteiger partial charge in [0.25, 0.3) is 11.5 Å². The molecule has 4 heterocycles. The van der Waals surface area contributed by atoms with E-state index in [1.807, 2.05) is 22.8 Å². The van der Waals surface area contributed by atoms with Crippen LogP contribution in [0.25, 0.3) is 0 Å². The summed E-state index contributed by atoms with van der Waals surface area (Å²) in [4.78, 5) is 38.3. The van der Waals surface area contributed by atoms with Crippen molar-refractivity contribution in [2.45, 2.75) is 31.7 Å². The number of piperidine rings is 1. The Morgan fingerprint density at radius 1 is 1.12 bits per heavy atom. The van der Waals surface area contributed by atoms with E-state index in [0.717, 1.165) is 56.0 Å². The number of carbonyl (C=O) groups is 2. The summed E-state index contributed by atoms with van der Waals surface area (Å²) in [5.41, 5.74) is 3.08. The average Bonchev–Trinajstić information content (AvgIpc) is 2.78. The Morgan fingerprint density at radius 2 is 2.03 bits per heavy atom. The molecule has 2 bridgehead atoms. The minimum atomic E-state index is -0.166. The quantitative estimate of drug-likeness (QED) is 0.713. The molecule has 3 aliphatic rings. The summed E-state index contributed by atoms with van der Waals surface area (Å²) in [5.74, 6) is 1.26. The molecule has 0 radical (unpaired) electrons. The third-order valence-corrected chi connectivity index (χ3v) is 6.65. The largest absolute Gasteiger partial charge is 0.484 e. The molecule has 2 unspecified atom stereocenters. The van der Waals surface area contributed by atoms with Gasteiger partial charge in [0.05, 0.1) is 0 Å². The van der Waals surface area contributed by atoms with Crippen molar-refractivity contribution in [3.8, 4) is 5.75 Å².